The largest absolute Gasteiger partial charge is 3.00 e. The van der Waals surface area contributed by atoms with Crippen molar-refractivity contribution in [1.29, 1.82) is 31.6 Å². The van der Waals surface area contributed by atoms with Gasteiger partial charge in [-0.1, -0.05) is 0 Å². The van der Waals surface area contributed by atoms with Crippen molar-refractivity contribution in [2.45, 2.75) is 0 Å². The summed E-state index contributed by atoms with van der Waals surface area (Å²) in [4.78, 5) is 0. The van der Waals surface area contributed by atoms with Gasteiger partial charge in [-0.15, -0.1) is 0 Å². The molecule has 13 heavy (non-hydrogen) atoms. The van der Waals surface area contributed by atoms with Crippen molar-refractivity contribution >= 4 is 0 Å². The first-order valence-corrected chi connectivity index (χ1v) is 1.34. The van der Waals surface area contributed by atoms with E-state index in [1.165, 1.54) is 0 Å². The predicted molar refractivity (Wildman–Crippen MR) is 29.8 cm³/mol. The van der Waals surface area contributed by atoms with Crippen molar-refractivity contribution in [1.82, 2.24) is 0 Å². The van der Waals surface area contributed by atoms with E-state index in [1.54, 1.807) is 0 Å². The van der Waals surface area contributed by atoms with Crippen LogP contribution in [0.15, 0.2) is 0 Å². The molecule has 0 aromatic carbocycles. The molecule has 0 saturated heterocycles. The van der Waals surface area contributed by atoms with Gasteiger partial charge in [0.25, 0.3) is 0 Å². The van der Waals surface area contributed by atoms with Gasteiger partial charge >= 0.3 is 17.1 Å². The van der Waals surface area contributed by atoms with E-state index in [2.05, 4.69) is 0 Å². The van der Waals surface area contributed by atoms with Gasteiger partial charge < -0.3 is 71.0 Å². The van der Waals surface area contributed by atoms with E-state index >= 15 is 0 Å². The molecule has 0 aromatic heterocycles. The van der Waals surface area contributed by atoms with Crippen LogP contribution in [-0.2, 0) is 17.1 Å². The molecule has 0 heterocycles. The maximum absolute atomic E-state index is 6.25. The maximum Gasteiger partial charge on any atom is 3.00 e. The number of nitrogens with zero attached hydrogens (tertiary/aromatic N) is 6. The normalized spacial score (nSPS) is 0.923. The van der Waals surface area contributed by atoms with Gasteiger partial charge in [0, 0.05) is 0 Å². The summed E-state index contributed by atoms with van der Waals surface area (Å²) in [6.45, 7) is 28.5. The molecule has 0 aliphatic heterocycles. The first-order valence-electron chi connectivity index (χ1n) is 1.34. The van der Waals surface area contributed by atoms with Crippen LogP contribution in [0, 0.1) is 71.0 Å². The fourth-order valence-electron chi connectivity index (χ4n) is 0. The van der Waals surface area contributed by atoms with Crippen molar-refractivity contribution in [2.75, 3.05) is 0 Å². The predicted octanol–water partition coefficient (Wildman–Crippen LogP) is 0.576. The minimum Gasteiger partial charge on any atom is -0.512 e. The molecule has 0 N–H and O–H groups in total. The molecule has 0 spiro atoms. The van der Waals surface area contributed by atoms with Crippen molar-refractivity contribution in [3.05, 3.63) is 39.4 Å². The van der Waals surface area contributed by atoms with E-state index in [0.29, 0.717) is 0 Å². The molecule has 7 heteroatoms. The Balaban J connectivity index is -0.00000000655. The van der Waals surface area contributed by atoms with Crippen LogP contribution in [0.5, 0.6) is 0 Å². The fourth-order valence-corrected chi connectivity index (χ4v) is 0. The third-order valence-electron chi connectivity index (χ3n) is 0. The zero-order chi connectivity index (χ0) is 12.0. The van der Waals surface area contributed by atoms with E-state index < -0.39 is 0 Å². The average Bonchev–Trinajstić information content (AvgIpc) is 2.33. The van der Waals surface area contributed by atoms with E-state index in [4.69, 9.17) is 71.0 Å². The van der Waals surface area contributed by atoms with Crippen molar-refractivity contribution in [3.8, 4) is 0 Å². The average molecular weight is 212 g/mol. The Labute approximate surface area is 88.5 Å². The van der Waals surface area contributed by atoms with E-state index in [-0.39, 0.29) is 17.1 Å². The molecule has 0 rings (SSSR count). The van der Waals surface area contributed by atoms with Crippen LogP contribution in [-0.4, -0.2) is 0 Å². The van der Waals surface area contributed by atoms with Gasteiger partial charge in [-0.2, -0.15) is 0 Å². The first-order chi connectivity index (χ1) is 6.00. The summed E-state index contributed by atoms with van der Waals surface area (Å²) in [7, 11) is 0. The molecule has 0 aromatic rings. The smallest absolute Gasteiger partial charge is 0.512 e. The van der Waals surface area contributed by atoms with Crippen LogP contribution in [0.2, 0.25) is 0 Å². The van der Waals surface area contributed by atoms with Crippen molar-refractivity contribution in [2.24, 2.45) is 0 Å². The van der Waals surface area contributed by atoms with Crippen molar-refractivity contribution < 1.29 is 17.1 Å². The topological polar surface area (TPSA) is 143 Å². The second-order valence-electron chi connectivity index (χ2n) is 0. The van der Waals surface area contributed by atoms with Gasteiger partial charge in [-0.25, -0.2) is 0 Å². The van der Waals surface area contributed by atoms with E-state index in [0.717, 1.165) is 0 Å². The van der Waals surface area contributed by atoms with Crippen molar-refractivity contribution in [3.63, 3.8) is 0 Å². The number of rotatable bonds is 0. The van der Waals surface area contributed by atoms with Gasteiger partial charge in [0.1, 0.15) is 0 Å². The molecule has 0 atom stereocenters. The molecule has 0 bridgehead atoms. The first kappa shape index (κ1) is 78.2. The standard InChI is InChI=1S/6CN.Fe/c6*1-2;/q6*-1;+3. The molecule has 0 saturated carbocycles. The van der Waals surface area contributed by atoms with E-state index in [1.807, 2.05) is 0 Å². The van der Waals surface area contributed by atoms with Gasteiger partial charge in [0.2, 0.25) is 0 Å². The summed E-state index contributed by atoms with van der Waals surface area (Å²) in [6.07, 6.45) is 0. The zero-order valence-corrected chi connectivity index (χ0v) is 7.14. The Morgan fingerprint density at radius 3 is 0.308 bits per heavy atom. The number of hydrogen-bond acceptors (Lipinski definition) is 6. The zero-order valence-electron chi connectivity index (χ0n) is 6.04. The molecule has 0 amide bonds. The van der Waals surface area contributed by atoms with Crippen LogP contribution < -0.4 is 0 Å². The molecular formula is C6FeN6-3. The fraction of sp³-hybridized carbons (Fsp3) is 0. The Hall–Kier alpha value is -2.54. The summed E-state index contributed by atoms with van der Waals surface area (Å²) in [6, 6.07) is 0. The summed E-state index contributed by atoms with van der Waals surface area (Å²) in [5, 5.41) is 37.5. The minimum absolute atomic E-state index is 0. The van der Waals surface area contributed by atoms with Gasteiger partial charge in [0.15, 0.2) is 0 Å². The Bertz CT molecular complexity index is 92.1. The van der Waals surface area contributed by atoms with Crippen LogP contribution in [0.1, 0.15) is 0 Å². The van der Waals surface area contributed by atoms with E-state index in [9.17, 15) is 0 Å². The van der Waals surface area contributed by atoms with Gasteiger partial charge in [0.05, 0.1) is 0 Å². The Morgan fingerprint density at radius 2 is 0.308 bits per heavy atom. The molecule has 0 aliphatic rings. The SMILES string of the molecule is [C-]#N.[C-]#N.[C-]#N.[C-]#N.[C-]#N.[C-]#N.[Fe+3]. The molecule has 1 radical (unpaired) electrons. The summed E-state index contributed by atoms with van der Waals surface area (Å²) in [5.74, 6) is 0. The summed E-state index contributed by atoms with van der Waals surface area (Å²) >= 11 is 0. The van der Waals surface area contributed by atoms with Crippen LogP contribution >= 0.6 is 0 Å². The summed E-state index contributed by atoms with van der Waals surface area (Å²) in [5.41, 5.74) is 0. The van der Waals surface area contributed by atoms with Gasteiger partial charge in [-0.05, 0) is 0 Å². The molecule has 0 fully saturated rings. The quantitative estimate of drug-likeness (QED) is 0.424. The van der Waals surface area contributed by atoms with Crippen LogP contribution in [0.4, 0.5) is 0 Å². The monoisotopic (exact) mass is 212 g/mol. The third kappa shape index (κ3) is 81.6. The Kier molecular flexibility index (Phi) is 631. The van der Waals surface area contributed by atoms with Crippen LogP contribution in [0.3, 0.4) is 0 Å². The molecular weight excluding hydrogens is 212 g/mol. The van der Waals surface area contributed by atoms with Crippen LogP contribution in [0.25, 0.3) is 0 Å². The van der Waals surface area contributed by atoms with Gasteiger partial charge in [-0.3, -0.25) is 0 Å². The second-order valence-corrected chi connectivity index (χ2v) is 0. The minimum atomic E-state index is 0. The third-order valence-corrected chi connectivity index (χ3v) is 0. The Morgan fingerprint density at radius 1 is 0.308 bits per heavy atom. The molecule has 0 unspecified atom stereocenters. The second kappa shape index (κ2) is 105. The number of hydrogen-bond donors (Lipinski definition) is 0. The molecule has 65 valence electrons. The molecule has 6 nitrogen and oxygen atoms in total. The maximum atomic E-state index is 6.25. The summed E-state index contributed by atoms with van der Waals surface area (Å²) < 4.78 is 0. The molecule has 0 aliphatic carbocycles.